The van der Waals surface area contributed by atoms with E-state index in [9.17, 15) is 0 Å². The van der Waals surface area contributed by atoms with Crippen molar-refractivity contribution >= 4 is 0 Å². The highest BCUT2D eigenvalue weighted by Crippen LogP contribution is 2.04. The van der Waals surface area contributed by atoms with Crippen molar-refractivity contribution in [3.8, 4) is 0 Å². The van der Waals surface area contributed by atoms with Gasteiger partial charge in [0, 0.05) is 38.2 Å². The summed E-state index contributed by atoms with van der Waals surface area (Å²) < 4.78 is 4.15. The van der Waals surface area contributed by atoms with Crippen molar-refractivity contribution < 1.29 is 0 Å². The summed E-state index contributed by atoms with van der Waals surface area (Å²) in [5, 5.41) is 3.39. The molecule has 0 saturated carbocycles. The fraction of sp³-hybridized carbons (Fsp3) is 0.500. The number of nitrogens with one attached hydrogen (secondary N) is 1. The number of rotatable bonds is 5. The van der Waals surface area contributed by atoms with Crippen molar-refractivity contribution in [2.75, 3.05) is 0 Å². The normalized spacial score (nSPS) is 11.3. The molecule has 0 radical (unpaired) electrons. The smallest absolute Gasteiger partial charge is 0.128 e. The third-order valence-electron chi connectivity index (χ3n) is 2.72. The maximum Gasteiger partial charge on any atom is 0.128 e. The third-order valence-corrected chi connectivity index (χ3v) is 2.72. The van der Waals surface area contributed by atoms with Crippen molar-refractivity contribution in [3.63, 3.8) is 0 Å². The van der Waals surface area contributed by atoms with E-state index in [0.29, 0.717) is 6.04 Å². The molecule has 17 heavy (non-hydrogen) atoms. The molecule has 0 bridgehead atoms. The average Bonchev–Trinajstić information content (AvgIpc) is 2.87. The highest BCUT2D eigenvalue weighted by Gasteiger charge is 2.06. The quantitative estimate of drug-likeness (QED) is 0.843. The number of nitrogens with zero attached hydrogens (tertiary/aromatic N) is 4. The Morgan fingerprint density at radius 3 is 2.88 bits per heavy atom. The molecule has 2 aromatic rings. The van der Waals surface area contributed by atoms with Gasteiger partial charge >= 0.3 is 0 Å². The molecule has 0 aliphatic heterocycles. The largest absolute Gasteiger partial charge is 0.337 e. The van der Waals surface area contributed by atoms with Crippen LogP contribution in [-0.2, 0) is 20.1 Å². The molecule has 0 fully saturated rings. The minimum Gasteiger partial charge on any atom is -0.337 e. The molecule has 2 aromatic heterocycles. The van der Waals surface area contributed by atoms with Gasteiger partial charge in [-0.05, 0) is 0 Å². The molecule has 5 heteroatoms. The number of hydrogen-bond donors (Lipinski definition) is 1. The van der Waals surface area contributed by atoms with E-state index >= 15 is 0 Å². The van der Waals surface area contributed by atoms with E-state index in [4.69, 9.17) is 0 Å². The maximum absolute atomic E-state index is 4.32. The molecular weight excluding hydrogens is 214 g/mol. The maximum atomic E-state index is 4.32. The van der Waals surface area contributed by atoms with Gasteiger partial charge in [0.05, 0.1) is 18.6 Å². The Kier molecular flexibility index (Phi) is 3.58. The zero-order chi connectivity index (χ0) is 12.3. The van der Waals surface area contributed by atoms with Gasteiger partial charge in [-0.3, -0.25) is 0 Å². The van der Waals surface area contributed by atoms with Crippen LogP contribution in [0.15, 0.2) is 24.9 Å². The lowest BCUT2D eigenvalue weighted by Gasteiger charge is -2.11. The van der Waals surface area contributed by atoms with E-state index in [1.165, 1.54) is 5.69 Å². The zero-order valence-corrected chi connectivity index (χ0v) is 10.6. The van der Waals surface area contributed by atoms with Crippen LogP contribution in [0.1, 0.15) is 25.4 Å². The third kappa shape index (κ3) is 2.94. The number of imidazole rings is 2. The zero-order valence-electron chi connectivity index (χ0n) is 10.6. The molecule has 0 saturated heterocycles. The van der Waals surface area contributed by atoms with Gasteiger partial charge in [0.25, 0.3) is 0 Å². The first-order valence-electron chi connectivity index (χ1n) is 5.85. The summed E-state index contributed by atoms with van der Waals surface area (Å²) in [6, 6.07) is 0.478. The van der Waals surface area contributed by atoms with Gasteiger partial charge in [-0.2, -0.15) is 0 Å². The van der Waals surface area contributed by atoms with E-state index in [0.717, 1.165) is 18.9 Å². The van der Waals surface area contributed by atoms with E-state index in [-0.39, 0.29) is 0 Å². The van der Waals surface area contributed by atoms with Crippen LogP contribution in [0.2, 0.25) is 0 Å². The Hall–Kier alpha value is -1.62. The van der Waals surface area contributed by atoms with Crippen molar-refractivity contribution in [1.82, 2.24) is 24.4 Å². The van der Waals surface area contributed by atoms with Gasteiger partial charge in [-0.15, -0.1) is 0 Å². The summed E-state index contributed by atoms with van der Waals surface area (Å²) in [6.45, 7) is 5.87. The topological polar surface area (TPSA) is 47.7 Å². The lowest BCUT2D eigenvalue weighted by Crippen LogP contribution is -2.23. The molecule has 5 nitrogen and oxygen atoms in total. The number of aryl methyl sites for hydroxylation is 1. The predicted molar refractivity (Wildman–Crippen MR) is 66.5 cm³/mol. The van der Waals surface area contributed by atoms with Crippen LogP contribution in [-0.4, -0.2) is 25.1 Å². The Morgan fingerprint density at radius 1 is 1.41 bits per heavy atom. The Labute approximate surface area is 102 Å². The van der Waals surface area contributed by atoms with Crippen molar-refractivity contribution in [3.05, 3.63) is 36.4 Å². The van der Waals surface area contributed by atoms with Crippen LogP contribution in [0, 0.1) is 0 Å². The minimum atomic E-state index is 0.478. The first-order chi connectivity index (χ1) is 8.16. The molecule has 0 atom stereocenters. The molecular formula is C12H19N5. The molecule has 0 aliphatic carbocycles. The van der Waals surface area contributed by atoms with Crippen LogP contribution in [0.3, 0.4) is 0 Å². The fourth-order valence-corrected chi connectivity index (χ4v) is 1.65. The van der Waals surface area contributed by atoms with Crippen LogP contribution >= 0.6 is 0 Å². The van der Waals surface area contributed by atoms with E-state index in [1.807, 2.05) is 36.5 Å². The Balaban J connectivity index is 2.06. The highest BCUT2D eigenvalue weighted by atomic mass is 15.1. The van der Waals surface area contributed by atoms with Crippen molar-refractivity contribution in [2.24, 2.45) is 7.05 Å². The summed E-state index contributed by atoms with van der Waals surface area (Å²) in [4.78, 5) is 8.52. The second-order valence-corrected chi connectivity index (χ2v) is 4.50. The molecule has 2 rings (SSSR count). The standard InChI is InChI=1S/C12H19N5/c1-10(2)15-7-11-6-13-9-17(11)8-12-14-4-5-16(12)3/h4-6,9-10,15H,7-8H2,1-3H3. The van der Waals surface area contributed by atoms with Gasteiger partial charge in [0.2, 0.25) is 0 Å². The van der Waals surface area contributed by atoms with Gasteiger partial charge in [0.1, 0.15) is 5.82 Å². The highest BCUT2D eigenvalue weighted by molar-refractivity contribution is 5.02. The second kappa shape index (κ2) is 5.14. The molecule has 0 aromatic carbocycles. The van der Waals surface area contributed by atoms with Crippen LogP contribution in [0.25, 0.3) is 0 Å². The van der Waals surface area contributed by atoms with Gasteiger partial charge in [-0.1, -0.05) is 13.8 Å². The van der Waals surface area contributed by atoms with Gasteiger partial charge < -0.3 is 14.5 Å². The molecule has 1 N–H and O–H groups in total. The fourth-order valence-electron chi connectivity index (χ4n) is 1.65. The molecule has 0 amide bonds. The molecule has 0 aliphatic rings. The molecule has 2 heterocycles. The van der Waals surface area contributed by atoms with E-state index < -0.39 is 0 Å². The summed E-state index contributed by atoms with van der Waals surface area (Å²) in [5.74, 6) is 1.04. The van der Waals surface area contributed by atoms with E-state index in [1.54, 1.807) is 0 Å². The van der Waals surface area contributed by atoms with Gasteiger partial charge in [-0.25, -0.2) is 9.97 Å². The van der Waals surface area contributed by atoms with Crippen LogP contribution in [0.5, 0.6) is 0 Å². The monoisotopic (exact) mass is 233 g/mol. The summed E-state index contributed by atoms with van der Waals surface area (Å²) in [5.41, 5.74) is 1.18. The Bertz CT molecular complexity index is 469. The van der Waals surface area contributed by atoms with Crippen molar-refractivity contribution in [1.29, 1.82) is 0 Å². The SMILES string of the molecule is CC(C)NCc1cncn1Cc1nccn1C. The molecule has 0 unspecified atom stereocenters. The van der Waals surface area contributed by atoms with E-state index in [2.05, 4.69) is 33.7 Å². The first kappa shape index (κ1) is 11.9. The van der Waals surface area contributed by atoms with Crippen LogP contribution in [0.4, 0.5) is 0 Å². The number of aromatic nitrogens is 4. The Morgan fingerprint density at radius 2 is 2.24 bits per heavy atom. The first-order valence-corrected chi connectivity index (χ1v) is 5.85. The molecule has 0 spiro atoms. The second-order valence-electron chi connectivity index (χ2n) is 4.50. The number of hydrogen-bond acceptors (Lipinski definition) is 3. The lowest BCUT2D eigenvalue weighted by molar-refractivity contribution is 0.559. The average molecular weight is 233 g/mol. The van der Waals surface area contributed by atoms with Crippen LogP contribution < -0.4 is 5.32 Å². The van der Waals surface area contributed by atoms with Gasteiger partial charge in [0.15, 0.2) is 0 Å². The summed E-state index contributed by atoms with van der Waals surface area (Å²) >= 11 is 0. The summed E-state index contributed by atoms with van der Waals surface area (Å²) in [7, 11) is 2.01. The lowest BCUT2D eigenvalue weighted by atomic mass is 10.3. The predicted octanol–water partition coefficient (Wildman–Crippen LogP) is 1.16. The van der Waals surface area contributed by atoms with Crippen molar-refractivity contribution in [2.45, 2.75) is 33.0 Å². The minimum absolute atomic E-state index is 0.478. The summed E-state index contributed by atoms with van der Waals surface area (Å²) in [6.07, 6.45) is 7.53. The molecule has 92 valence electrons.